The molecule has 2 fully saturated rings. The third-order valence-corrected chi connectivity index (χ3v) is 6.88. The summed E-state index contributed by atoms with van der Waals surface area (Å²) < 4.78 is 23.1. The fraction of sp³-hybridized carbons (Fsp3) is 0.588. The Balaban J connectivity index is 1.81. The zero-order valence-electron chi connectivity index (χ0n) is 13.6. The van der Waals surface area contributed by atoms with Crippen LogP contribution in [0.4, 0.5) is 0 Å². The van der Waals surface area contributed by atoms with Crippen molar-refractivity contribution in [1.29, 1.82) is 0 Å². The largest absolute Gasteiger partial charge is 0.389 e. The molecule has 1 amide bonds. The number of hydrogen-bond donors (Lipinski definition) is 3. The van der Waals surface area contributed by atoms with Crippen molar-refractivity contribution in [2.45, 2.75) is 30.9 Å². The molecule has 0 aliphatic carbocycles. The van der Waals surface area contributed by atoms with Crippen LogP contribution in [0, 0.1) is 5.92 Å². The number of benzene rings is 1. The Kier molecular flexibility index (Phi) is 4.94. The second kappa shape index (κ2) is 6.82. The predicted octanol–water partition coefficient (Wildman–Crippen LogP) is 0.177. The van der Waals surface area contributed by atoms with Crippen molar-refractivity contribution in [2.24, 2.45) is 5.92 Å². The van der Waals surface area contributed by atoms with Gasteiger partial charge in [0.15, 0.2) is 0 Å². The minimum absolute atomic E-state index is 0.0630. The summed E-state index contributed by atoms with van der Waals surface area (Å²) in [7, 11) is -3.00. The first-order chi connectivity index (χ1) is 11.4. The Bertz CT molecular complexity index is 678. The second-order valence-corrected chi connectivity index (χ2v) is 9.03. The van der Waals surface area contributed by atoms with Gasteiger partial charge in [-0.25, -0.2) is 8.42 Å². The predicted molar refractivity (Wildman–Crippen MR) is 91.1 cm³/mol. The number of β-amino-alcohol motifs (C(OH)–C–C–N with tert-alkyl or cyclic N) is 1. The summed E-state index contributed by atoms with van der Waals surface area (Å²) in [5.41, 5.74) is 0.0655. The molecule has 24 heavy (non-hydrogen) atoms. The highest BCUT2D eigenvalue weighted by Crippen LogP contribution is 2.32. The summed E-state index contributed by atoms with van der Waals surface area (Å²) in [6.07, 6.45) is 0.570. The molecule has 2 heterocycles. The van der Waals surface area contributed by atoms with E-state index in [-0.39, 0.29) is 23.3 Å². The molecule has 0 saturated carbocycles. The molecule has 2 aliphatic heterocycles. The van der Waals surface area contributed by atoms with Gasteiger partial charge in [-0.05, 0) is 31.4 Å². The first-order valence-corrected chi connectivity index (χ1v) is 10.2. The molecule has 1 aromatic rings. The van der Waals surface area contributed by atoms with Crippen LogP contribution in [0.3, 0.4) is 0 Å². The summed E-state index contributed by atoms with van der Waals surface area (Å²) in [6, 6.07) is 9.52. The highest BCUT2D eigenvalue weighted by molar-refractivity contribution is 7.91. The molecule has 6 nitrogen and oxygen atoms in total. The van der Waals surface area contributed by atoms with E-state index in [2.05, 4.69) is 10.6 Å². The molecule has 0 radical (unpaired) electrons. The van der Waals surface area contributed by atoms with Gasteiger partial charge in [-0.3, -0.25) is 4.79 Å². The number of rotatable bonds is 3. The van der Waals surface area contributed by atoms with E-state index in [4.69, 9.17) is 0 Å². The third kappa shape index (κ3) is 3.48. The topological polar surface area (TPSA) is 95.5 Å². The molecule has 0 unspecified atom stereocenters. The maximum absolute atomic E-state index is 12.8. The van der Waals surface area contributed by atoms with E-state index >= 15 is 0 Å². The quantitative estimate of drug-likeness (QED) is 0.721. The molecule has 2 saturated heterocycles. The van der Waals surface area contributed by atoms with E-state index in [0.29, 0.717) is 32.4 Å². The maximum atomic E-state index is 12.8. The van der Waals surface area contributed by atoms with Crippen LogP contribution in [0.25, 0.3) is 0 Å². The summed E-state index contributed by atoms with van der Waals surface area (Å²) in [5.74, 6) is -0.341. The first kappa shape index (κ1) is 17.4. The average Bonchev–Trinajstić information content (AvgIpc) is 2.57. The molecule has 0 aromatic heterocycles. The number of nitrogens with one attached hydrogen (secondary N) is 2. The molecule has 3 N–H and O–H groups in total. The van der Waals surface area contributed by atoms with Crippen LogP contribution in [-0.2, 0) is 20.2 Å². The summed E-state index contributed by atoms with van der Waals surface area (Å²) in [6.45, 7) is 1.11. The van der Waals surface area contributed by atoms with Gasteiger partial charge >= 0.3 is 0 Å². The van der Waals surface area contributed by atoms with Crippen LogP contribution in [0.2, 0.25) is 0 Å². The van der Waals surface area contributed by atoms with Crippen LogP contribution >= 0.6 is 0 Å². The van der Waals surface area contributed by atoms with Crippen molar-refractivity contribution >= 4 is 15.7 Å². The Labute approximate surface area is 142 Å². The van der Waals surface area contributed by atoms with Crippen molar-refractivity contribution in [2.75, 3.05) is 24.6 Å². The van der Waals surface area contributed by atoms with Gasteiger partial charge < -0.3 is 15.7 Å². The monoisotopic (exact) mass is 352 g/mol. The number of piperidine rings is 1. The van der Waals surface area contributed by atoms with Crippen LogP contribution in [-0.4, -0.2) is 50.1 Å². The first-order valence-electron chi connectivity index (χ1n) is 8.40. The number of hydrogen-bond acceptors (Lipinski definition) is 5. The number of aliphatic hydroxyl groups is 1. The van der Waals surface area contributed by atoms with E-state index in [9.17, 15) is 18.3 Å². The van der Waals surface area contributed by atoms with E-state index in [0.717, 1.165) is 5.56 Å². The number of sulfone groups is 1. The summed E-state index contributed by atoms with van der Waals surface area (Å²) in [5, 5.41) is 16.8. The normalized spacial score (nSPS) is 30.6. The van der Waals surface area contributed by atoms with Crippen molar-refractivity contribution in [3.63, 3.8) is 0 Å². The third-order valence-electron chi connectivity index (χ3n) is 5.16. The molecule has 1 aromatic carbocycles. The van der Waals surface area contributed by atoms with Gasteiger partial charge in [-0.15, -0.1) is 0 Å². The molecule has 2 aliphatic rings. The highest BCUT2D eigenvalue weighted by atomic mass is 32.2. The second-order valence-electron chi connectivity index (χ2n) is 6.72. The van der Waals surface area contributed by atoms with Gasteiger partial charge in [-0.1, -0.05) is 30.3 Å². The van der Waals surface area contributed by atoms with Crippen LogP contribution in [0.5, 0.6) is 0 Å². The lowest BCUT2D eigenvalue weighted by atomic mass is 9.78. The van der Waals surface area contributed by atoms with Crippen molar-refractivity contribution in [3.05, 3.63) is 35.9 Å². The lowest BCUT2D eigenvalue weighted by molar-refractivity contribution is -0.130. The molecule has 7 heteroatoms. The molecule has 2 atom stereocenters. The van der Waals surface area contributed by atoms with Crippen molar-refractivity contribution in [3.8, 4) is 0 Å². The average molecular weight is 352 g/mol. The smallest absolute Gasteiger partial charge is 0.223 e. The number of carbonyl (C=O) groups excluding carboxylic acids is 1. The molecule has 0 spiro atoms. The minimum atomic E-state index is -3.00. The Hall–Kier alpha value is -1.44. The lowest BCUT2D eigenvalue weighted by Gasteiger charge is -2.43. The zero-order valence-corrected chi connectivity index (χ0v) is 14.4. The Morgan fingerprint density at radius 3 is 2.50 bits per heavy atom. The number of amides is 1. The molecule has 132 valence electrons. The fourth-order valence-electron chi connectivity index (χ4n) is 3.63. The lowest BCUT2D eigenvalue weighted by Crippen LogP contribution is -2.62. The minimum Gasteiger partial charge on any atom is -0.389 e. The van der Waals surface area contributed by atoms with E-state index < -0.39 is 21.5 Å². The van der Waals surface area contributed by atoms with Gasteiger partial charge in [0, 0.05) is 12.5 Å². The van der Waals surface area contributed by atoms with Crippen LogP contribution < -0.4 is 10.6 Å². The fourth-order valence-corrected chi connectivity index (χ4v) is 5.12. The number of aliphatic hydroxyl groups excluding tert-OH is 1. The molecule has 3 rings (SSSR count). The van der Waals surface area contributed by atoms with Gasteiger partial charge in [0.1, 0.15) is 9.84 Å². The maximum Gasteiger partial charge on any atom is 0.223 e. The van der Waals surface area contributed by atoms with E-state index in [1.54, 1.807) is 0 Å². The van der Waals surface area contributed by atoms with E-state index in [1.165, 1.54) is 0 Å². The SMILES string of the molecule is O=C(N[C@]1(c2ccccc2)CCNC[C@H]1O)C1CCS(=O)(=O)CC1. The summed E-state index contributed by atoms with van der Waals surface area (Å²) in [4.78, 5) is 12.8. The standard InChI is InChI=1S/C17H24N2O4S/c20-15-12-18-9-8-17(15,14-4-2-1-3-5-14)19-16(21)13-6-10-24(22,23)11-7-13/h1-5,13,15,18,20H,6-12H2,(H,19,21)/t15-,17+/m1/s1. The van der Waals surface area contributed by atoms with Crippen molar-refractivity contribution < 1.29 is 18.3 Å². The van der Waals surface area contributed by atoms with Crippen LogP contribution in [0.15, 0.2) is 30.3 Å². The zero-order chi connectivity index (χ0) is 17.2. The molecular weight excluding hydrogens is 328 g/mol. The Morgan fingerprint density at radius 1 is 1.21 bits per heavy atom. The summed E-state index contributed by atoms with van der Waals surface area (Å²) >= 11 is 0. The van der Waals surface area contributed by atoms with Crippen molar-refractivity contribution in [1.82, 2.24) is 10.6 Å². The molecular formula is C17H24N2O4S. The molecule has 0 bridgehead atoms. The van der Waals surface area contributed by atoms with E-state index in [1.807, 2.05) is 30.3 Å². The van der Waals surface area contributed by atoms with Gasteiger partial charge in [0.25, 0.3) is 0 Å². The van der Waals surface area contributed by atoms with Gasteiger partial charge in [-0.2, -0.15) is 0 Å². The Morgan fingerprint density at radius 2 is 1.88 bits per heavy atom. The van der Waals surface area contributed by atoms with Gasteiger partial charge in [0.05, 0.1) is 23.1 Å². The van der Waals surface area contributed by atoms with Gasteiger partial charge in [0.2, 0.25) is 5.91 Å². The number of carbonyl (C=O) groups is 1. The highest BCUT2D eigenvalue weighted by Gasteiger charge is 2.44. The van der Waals surface area contributed by atoms with Crippen LogP contribution in [0.1, 0.15) is 24.8 Å².